The van der Waals surface area contributed by atoms with Crippen LogP contribution in [0.5, 0.6) is 0 Å². The van der Waals surface area contributed by atoms with Gasteiger partial charge in [0.2, 0.25) is 0 Å². The van der Waals surface area contributed by atoms with E-state index in [2.05, 4.69) is 0 Å². The number of allylic oxidation sites excluding steroid dienone is 1. The minimum atomic E-state index is 0.000556. The van der Waals surface area contributed by atoms with Crippen molar-refractivity contribution in [2.75, 3.05) is 0 Å². The van der Waals surface area contributed by atoms with Crippen LogP contribution < -0.4 is 0 Å². The van der Waals surface area contributed by atoms with Gasteiger partial charge in [0.15, 0.2) is 0 Å². The molecule has 1 aromatic rings. The lowest BCUT2D eigenvalue weighted by atomic mass is 10.2. The first kappa shape index (κ1) is 7.54. The molecule has 11 heavy (non-hydrogen) atoms. The van der Waals surface area contributed by atoms with Gasteiger partial charge in [-0.05, 0) is 0 Å². The topological polar surface area (TPSA) is 37.3 Å². The van der Waals surface area contributed by atoms with Gasteiger partial charge in [0.05, 0.1) is 0 Å². The smallest absolute Gasteiger partial charge is 0.146 e. The van der Waals surface area contributed by atoms with E-state index < -0.39 is 0 Å². The van der Waals surface area contributed by atoms with Crippen LogP contribution in [0, 0.1) is 0 Å². The van der Waals surface area contributed by atoms with Gasteiger partial charge in [0, 0.05) is 11.6 Å². The van der Waals surface area contributed by atoms with Crippen LogP contribution in [-0.2, 0) is 4.79 Å². The number of carbonyl (C=O) groups excluding carboxylic acids is 1. The van der Waals surface area contributed by atoms with Crippen LogP contribution in [0.4, 0.5) is 0 Å². The Morgan fingerprint density at radius 1 is 1.27 bits per heavy atom. The zero-order valence-corrected chi connectivity index (χ0v) is 5.90. The van der Waals surface area contributed by atoms with E-state index in [1.54, 1.807) is 24.3 Å². The molecule has 0 spiro atoms. The first-order valence-corrected chi connectivity index (χ1v) is 3.24. The lowest BCUT2D eigenvalue weighted by Gasteiger charge is -1.95. The van der Waals surface area contributed by atoms with Gasteiger partial charge >= 0.3 is 0 Å². The highest BCUT2D eigenvalue weighted by Gasteiger charge is 1.93. The maximum atomic E-state index is 9.95. The second-order valence-electron chi connectivity index (χ2n) is 2.05. The van der Waals surface area contributed by atoms with Crippen LogP contribution in [0.3, 0.4) is 0 Å². The Morgan fingerprint density at radius 2 is 1.91 bits per heavy atom. The van der Waals surface area contributed by atoms with E-state index in [0.29, 0.717) is 11.8 Å². The normalized spacial score (nSPS) is 11.1. The zero-order chi connectivity index (χ0) is 8.10. The highest BCUT2D eigenvalue weighted by atomic mass is 16.3. The summed E-state index contributed by atoms with van der Waals surface area (Å²) in [6.07, 6.45) is 1.68. The Bertz CT molecular complexity index is 262. The van der Waals surface area contributed by atoms with Gasteiger partial charge in [0.25, 0.3) is 0 Å². The standard InChI is InChI=1S/C9H8O2/c10-7-6-9(11)8-4-2-1-3-5-8/h1-7,11H/b9-6-. The van der Waals surface area contributed by atoms with Crippen LogP contribution in [0.15, 0.2) is 36.4 Å². The molecule has 0 saturated heterocycles. The highest BCUT2D eigenvalue weighted by Crippen LogP contribution is 2.08. The maximum absolute atomic E-state index is 9.95. The summed E-state index contributed by atoms with van der Waals surface area (Å²) in [5.41, 5.74) is 0.652. The summed E-state index contributed by atoms with van der Waals surface area (Å²) in [6, 6.07) is 8.90. The van der Waals surface area contributed by atoms with Gasteiger partial charge in [-0.25, -0.2) is 0 Å². The summed E-state index contributed by atoms with van der Waals surface area (Å²) in [4.78, 5) is 9.95. The van der Waals surface area contributed by atoms with Crippen molar-refractivity contribution in [2.45, 2.75) is 0 Å². The Kier molecular flexibility index (Phi) is 2.44. The first-order valence-electron chi connectivity index (χ1n) is 3.24. The fourth-order valence-electron chi connectivity index (χ4n) is 0.770. The second-order valence-corrected chi connectivity index (χ2v) is 2.05. The average molecular weight is 148 g/mol. The Balaban J connectivity index is 2.94. The molecule has 1 rings (SSSR count). The van der Waals surface area contributed by atoms with Gasteiger partial charge in [-0.15, -0.1) is 0 Å². The van der Waals surface area contributed by atoms with Crippen LogP contribution in [0.2, 0.25) is 0 Å². The first-order chi connectivity index (χ1) is 5.34. The predicted octanol–water partition coefficient (Wildman–Crippen LogP) is 1.78. The van der Waals surface area contributed by atoms with E-state index in [1.807, 2.05) is 6.07 Å². The number of benzene rings is 1. The molecule has 0 saturated carbocycles. The van der Waals surface area contributed by atoms with E-state index >= 15 is 0 Å². The third-order valence-corrected chi connectivity index (χ3v) is 1.30. The fourth-order valence-corrected chi connectivity index (χ4v) is 0.770. The molecule has 1 N–H and O–H groups in total. The van der Waals surface area contributed by atoms with Gasteiger partial charge in [-0.2, -0.15) is 0 Å². The molecule has 0 atom stereocenters. The van der Waals surface area contributed by atoms with Crippen molar-refractivity contribution < 1.29 is 9.90 Å². The fraction of sp³-hybridized carbons (Fsp3) is 0. The number of carbonyl (C=O) groups is 1. The summed E-state index contributed by atoms with van der Waals surface area (Å²) in [7, 11) is 0. The Labute approximate surface area is 64.8 Å². The second kappa shape index (κ2) is 3.56. The summed E-state index contributed by atoms with van der Waals surface area (Å²) in [5, 5.41) is 9.15. The van der Waals surface area contributed by atoms with Crippen molar-refractivity contribution >= 4 is 12.0 Å². The lowest BCUT2D eigenvalue weighted by molar-refractivity contribution is -0.104. The van der Waals surface area contributed by atoms with Crippen molar-refractivity contribution in [1.29, 1.82) is 0 Å². The third kappa shape index (κ3) is 1.93. The largest absolute Gasteiger partial charge is 0.507 e. The molecule has 0 bridgehead atoms. The molecule has 0 aliphatic rings. The van der Waals surface area contributed by atoms with E-state index in [-0.39, 0.29) is 5.76 Å². The molecule has 0 unspecified atom stereocenters. The maximum Gasteiger partial charge on any atom is 0.146 e. The summed E-state index contributed by atoms with van der Waals surface area (Å²) < 4.78 is 0. The van der Waals surface area contributed by atoms with Crippen molar-refractivity contribution in [3.05, 3.63) is 42.0 Å². The van der Waals surface area contributed by atoms with E-state index in [1.165, 1.54) is 0 Å². The van der Waals surface area contributed by atoms with Crippen LogP contribution >= 0.6 is 0 Å². The average Bonchev–Trinajstić information content (AvgIpc) is 2.07. The number of hydrogen-bond acceptors (Lipinski definition) is 2. The molecule has 0 radical (unpaired) electrons. The molecule has 0 amide bonds. The summed E-state index contributed by atoms with van der Waals surface area (Å²) in [5.74, 6) is 0.000556. The molecule has 56 valence electrons. The molecular formula is C9H8O2. The monoisotopic (exact) mass is 148 g/mol. The quantitative estimate of drug-likeness (QED) is 0.394. The molecular weight excluding hydrogens is 140 g/mol. The molecule has 1 aromatic carbocycles. The van der Waals surface area contributed by atoms with Crippen molar-refractivity contribution in [1.82, 2.24) is 0 Å². The molecule has 2 heteroatoms. The minimum absolute atomic E-state index is 0.000556. The molecule has 2 nitrogen and oxygen atoms in total. The summed E-state index contributed by atoms with van der Waals surface area (Å²) in [6.45, 7) is 0. The molecule has 0 aliphatic carbocycles. The molecule has 0 aromatic heterocycles. The third-order valence-electron chi connectivity index (χ3n) is 1.30. The molecule has 0 heterocycles. The number of aldehydes is 1. The van der Waals surface area contributed by atoms with Gasteiger partial charge in [-0.1, -0.05) is 30.3 Å². The Morgan fingerprint density at radius 3 is 2.45 bits per heavy atom. The number of aliphatic hydroxyl groups excluding tert-OH is 1. The van der Waals surface area contributed by atoms with Gasteiger partial charge in [-0.3, -0.25) is 4.79 Å². The van der Waals surface area contributed by atoms with Gasteiger partial charge < -0.3 is 5.11 Å². The zero-order valence-electron chi connectivity index (χ0n) is 5.90. The predicted molar refractivity (Wildman–Crippen MR) is 43.1 cm³/mol. The van der Waals surface area contributed by atoms with Crippen molar-refractivity contribution in [3.63, 3.8) is 0 Å². The van der Waals surface area contributed by atoms with Crippen LogP contribution in [0.1, 0.15) is 5.56 Å². The van der Waals surface area contributed by atoms with Crippen molar-refractivity contribution in [3.8, 4) is 0 Å². The Hall–Kier alpha value is -1.57. The van der Waals surface area contributed by atoms with E-state index in [9.17, 15) is 4.79 Å². The SMILES string of the molecule is O=C/C=C(\O)c1ccccc1. The van der Waals surface area contributed by atoms with Crippen LogP contribution in [0.25, 0.3) is 5.76 Å². The van der Waals surface area contributed by atoms with Gasteiger partial charge in [0.1, 0.15) is 12.0 Å². The number of aliphatic hydroxyl groups is 1. The van der Waals surface area contributed by atoms with E-state index in [4.69, 9.17) is 5.11 Å². The molecule has 0 fully saturated rings. The van der Waals surface area contributed by atoms with Crippen molar-refractivity contribution in [2.24, 2.45) is 0 Å². The number of hydrogen-bond donors (Lipinski definition) is 1. The number of rotatable bonds is 2. The van der Waals surface area contributed by atoms with Crippen LogP contribution in [-0.4, -0.2) is 11.4 Å². The minimum Gasteiger partial charge on any atom is -0.507 e. The molecule has 0 aliphatic heterocycles. The summed E-state index contributed by atoms with van der Waals surface area (Å²) >= 11 is 0. The van der Waals surface area contributed by atoms with E-state index in [0.717, 1.165) is 6.08 Å². The lowest BCUT2D eigenvalue weighted by Crippen LogP contribution is -1.81. The highest BCUT2D eigenvalue weighted by molar-refractivity contribution is 5.77.